The van der Waals surface area contributed by atoms with Gasteiger partial charge < -0.3 is 15.0 Å². The average molecular weight is 276 g/mol. The minimum atomic E-state index is 0.704. The monoisotopic (exact) mass is 276 g/mol. The first-order chi connectivity index (χ1) is 9.70. The molecule has 0 unspecified atom stereocenters. The van der Waals surface area contributed by atoms with Crippen molar-refractivity contribution >= 4 is 0 Å². The molecule has 20 heavy (non-hydrogen) atoms. The van der Waals surface area contributed by atoms with Crippen LogP contribution in [0.5, 0.6) is 0 Å². The number of methoxy groups -OCH3 is 1. The van der Waals surface area contributed by atoms with Crippen molar-refractivity contribution in [1.29, 1.82) is 0 Å². The third-order valence-electron chi connectivity index (χ3n) is 4.37. The van der Waals surface area contributed by atoms with E-state index in [1.807, 2.05) is 0 Å². The highest BCUT2D eigenvalue weighted by Gasteiger charge is 2.30. The fourth-order valence-corrected chi connectivity index (χ4v) is 2.90. The van der Waals surface area contributed by atoms with E-state index in [4.69, 9.17) is 4.74 Å². The predicted octanol–water partition coefficient (Wildman–Crippen LogP) is 2.41. The van der Waals surface area contributed by atoms with Gasteiger partial charge in [-0.25, -0.2) is 0 Å². The van der Waals surface area contributed by atoms with Crippen LogP contribution in [-0.2, 0) is 4.74 Å². The van der Waals surface area contributed by atoms with Gasteiger partial charge in [0.05, 0.1) is 6.61 Å². The first kappa shape index (κ1) is 15.5. The number of hydrogen-bond donors (Lipinski definition) is 1. The lowest BCUT2D eigenvalue weighted by Gasteiger charge is -2.37. The lowest BCUT2D eigenvalue weighted by molar-refractivity contribution is 0.159. The van der Waals surface area contributed by atoms with E-state index in [1.165, 1.54) is 18.4 Å². The molecule has 0 aliphatic heterocycles. The lowest BCUT2D eigenvalue weighted by Crippen LogP contribution is -2.43. The van der Waals surface area contributed by atoms with Crippen molar-refractivity contribution in [1.82, 2.24) is 10.2 Å². The molecule has 1 N–H and O–H groups in total. The Bertz CT molecular complexity index is 402. The summed E-state index contributed by atoms with van der Waals surface area (Å²) in [6, 6.07) is 9.50. The van der Waals surface area contributed by atoms with Crippen LogP contribution in [0, 0.1) is 6.92 Å². The molecule has 1 aliphatic carbocycles. The minimum Gasteiger partial charge on any atom is -0.383 e. The van der Waals surface area contributed by atoms with Gasteiger partial charge in [0, 0.05) is 32.8 Å². The maximum Gasteiger partial charge on any atom is 0.0589 e. The molecule has 2 rings (SSSR count). The Morgan fingerprint density at radius 1 is 1.25 bits per heavy atom. The number of aryl methyl sites for hydroxylation is 1. The van der Waals surface area contributed by atoms with E-state index in [0.717, 1.165) is 32.2 Å². The number of rotatable bonds is 8. The van der Waals surface area contributed by atoms with Gasteiger partial charge in [-0.1, -0.05) is 24.3 Å². The Balaban J connectivity index is 1.61. The molecule has 1 aromatic rings. The predicted molar refractivity (Wildman–Crippen MR) is 84.3 cm³/mol. The summed E-state index contributed by atoms with van der Waals surface area (Å²) < 4.78 is 5.08. The van der Waals surface area contributed by atoms with Crippen LogP contribution >= 0.6 is 0 Å². The SMILES string of the molecule is COCCN(C)CCNC1CC(c2ccccc2C)C1. The van der Waals surface area contributed by atoms with Crippen molar-refractivity contribution < 1.29 is 4.74 Å². The second-order valence-electron chi connectivity index (χ2n) is 5.97. The van der Waals surface area contributed by atoms with Crippen LogP contribution in [0.3, 0.4) is 0 Å². The highest BCUT2D eigenvalue weighted by atomic mass is 16.5. The molecule has 1 saturated carbocycles. The van der Waals surface area contributed by atoms with E-state index in [9.17, 15) is 0 Å². The average Bonchev–Trinajstić information content (AvgIpc) is 2.40. The molecule has 0 atom stereocenters. The maximum atomic E-state index is 5.08. The summed E-state index contributed by atoms with van der Waals surface area (Å²) in [7, 11) is 3.91. The van der Waals surface area contributed by atoms with Crippen LogP contribution in [0.1, 0.15) is 29.9 Å². The number of nitrogens with zero attached hydrogens (tertiary/aromatic N) is 1. The Hall–Kier alpha value is -0.900. The quantitative estimate of drug-likeness (QED) is 0.789. The van der Waals surface area contributed by atoms with Crippen molar-refractivity contribution in [3.8, 4) is 0 Å². The minimum absolute atomic E-state index is 0.704. The molecule has 112 valence electrons. The Labute approximate surface area is 123 Å². The van der Waals surface area contributed by atoms with E-state index < -0.39 is 0 Å². The second kappa shape index (κ2) is 7.77. The number of benzene rings is 1. The molecule has 0 bridgehead atoms. The molecule has 0 amide bonds. The van der Waals surface area contributed by atoms with Crippen molar-refractivity contribution in [2.75, 3.05) is 40.4 Å². The van der Waals surface area contributed by atoms with Crippen LogP contribution in [0.15, 0.2) is 24.3 Å². The van der Waals surface area contributed by atoms with Gasteiger partial charge in [0.25, 0.3) is 0 Å². The molecule has 0 aromatic heterocycles. The van der Waals surface area contributed by atoms with Gasteiger partial charge in [0.1, 0.15) is 0 Å². The van der Waals surface area contributed by atoms with Crippen molar-refractivity contribution in [2.24, 2.45) is 0 Å². The standard InChI is InChI=1S/C17H28N2O/c1-14-6-4-5-7-17(14)15-12-16(13-15)18-8-9-19(2)10-11-20-3/h4-7,15-16,18H,8-13H2,1-3H3. The van der Waals surface area contributed by atoms with E-state index in [1.54, 1.807) is 12.7 Å². The van der Waals surface area contributed by atoms with Gasteiger partial charge in [-0.15, -0.1) is 0 Å². The van der Waals surface area contributed by atoms with Crippen LogP contribution in [-0.4, -0.2) is 51.3 Å². The molecule has 3 heteroatoms. The highest BCUT2D eigenvalue weighted by molar-refractivity contribution is 5.31. The summed E-state index contributed by atoms with van der Waals surface area (Å²) in [6.07, 6.45) is 2.57. The Morgan fingerprint density at radius 3 is 2.70 bits per heavy atom. The highest BCUT2D eigenvalue weighted by Crippen LogP contribution is 2.38. The van der Waals surface area contributed by atoms with E-state index in [2.05, 4.69) is 48.5 Å². The second-order valence-corrected chi connectivity index (χ2v) is 5.97. The van der Waals surface area contributed by atoms with Crippen LogP contribution in [0.25, 0.3) is 0 Å². The number of nitrogens with one attached hydrogen (secondary N) is 1. The van der Waals surface area contributed by atoms with E-state index in [0.29, 0.717) is 6.04 Å². The molecule has 0 spiro atoms. The molecule has 3 nitrogen and oxygen atoms in total. The van der Waals surface area contributed by atoms with Crippen LogP contribution in [0.4, 0.5) is 0 Å². The maximum absolute atomic E-state index is 5.08. The molecule has 1 aromatic carbocycles. The molecule has 0 saturated heterocycles. The number of likely N-dealkylation sites (N-methyl/N-ethyl adjacent to an activating group) is 1. The molecular formula is C17H28N2O. The van der Waals surface area contributed by atoms with E-state index in [-0.39, 0.29) is 0 Å². The Kier molecular flexibility index (Phi) is 6.02. The van der Waals surface area contributed by atoms with Crippen molar-refractivity contribution in [2.45, 2.75) is 31.7 Å². The summed E-state index contributed by atoms with van der Waals surface area (Å²) in [5.41, 5.74) is 2.98. The van der Waals surface area contributed by atoms with Gasteiger partial charge in [-0.05, 0) is 43.9 Å². The fourth-order valence-electron chi connectivity index (χ4n) is 2.90. The third-order valence-corrected chi connectivity index (χ3v) is 4.37. The van der Waals surface area contributed by atoms with Crippen molar-refractivity contribution in [3.05, 3.63) is 35.4 Å². The molecule has 1 fully saturated rings. The van der Waals surface area contributed by atoms with Crippen LogP contribution < -0.4 is 5.32 Å². The van der Waals surface area contributed by atoms with Crippen molar-refractivity contribution in [3.63, 3.8) is 0 Å². The van der Waals surface area contributed by atoms with Gasteiger partial charge in [-0.3, -0.25) is 0 Å². The molecular weight excluding hydrogens is 248 g/mol. The van der Waals surface area contributed by atoms with Crippen LogP contribution in [0.2, 0.25) is 0 Å². The largest absolute Gasteiger partial charge is 0.383 e. The number of ether oxygens (including phenoxy) is 1. The Morgan fingerprint density at radius 2 is 2.00 bits per heavy atom. The summed E-state index contributed by atoms with van der Waals surface area (Å²) in [5, 5.41) is 3.66. The molecule has 1 aliphatic rings. The summed E-state index contributed by atoms with van der Waals surface area (Å²) >= 11 is 0. The lowest BCUT2D eigenvalue weighted by atomic mass is 9.74. The van der Waals surface area contributed by atoms with Gasteiger partial charge in [0.2, 0.25) is 0 Å². The molecule has 0 heterocycles. The van der Waals surface area contributed by atoms with Gasteiger partial charge in [-0.2, -0.15) is 0 Å². The third kappa shape index (κ3) is 4.30. The zero-order chi connectivity index (χ0) is 14.4. The normalized spacial score (nSPS) is 22.0. The smallest absolute Gasteiger partial charge is 0.0589 e. The summed E-state index contributed by atoms with van der Waals surface area (Å²) in [4.78, 5) is 2.31. The van der Waals surface area contributed by atoms with E-state index >= 15 is 0 Å². The zero-order valence-electron chi connectivity index (χ0n) is 13.1. The zero-order valence-corrected chi connectivity index (χ0v) is 13.1. The molecule has 0 radical (unpaired) electrons. The van der Waals surface area contributed by atoms with Gasteiger partial charge >= 0.3 is 0 Å². The first-order valence-electron chi connectivity index (χ1n) is 7.67. The topological polar surface area (TPSA) is 24.5 Å². The first-order valence-corrected chi connectivity index (χ1v) is 7.67. The van der Waals surface area contributed by atoms with Gasteiger partial charge in [0.15, 0.2) is 0 Å². The summed E-state index contributed by atoms with van der Waals surface area (Å²) in [6.45, 7) is 6.21. The summed E-state index contributed by atoms with van der Waals surface area (Å²) in [5.74, 6) is 0.764. The number of hydrogen-bond acceptors (Lipinski definition) is 3. The fraction of sp³-hybridized carbons (Fsp3) is 0.647.